The van der Waals surface area contributed by atoms with Crippen LogP contribution in [0, 0.1) is 5.92 Å². The molecule has 98 valence electrons. The molecule has 0 fully saturated rings. The SMILES string of the molecule is CC1COc2ccc(CCCC(=O)O)cc2OC1. The molecule has 1 atom stereocenters. The van der Waals surface area contributed by atoms with Gasteiger partial charge in [-0.05, 0) is 30.5 Å². The molecule has 2 rings (SSSR count). The Hall–Kier alpha value is -1.71. The van der Waals surface area contributed by atoms with Crippen LogP contribution in [0.15, 0.2) is 18.2 Å². The number of benzene rings is 1. The molecule has 1 aromatic rings. The van der Waals surface area contributed by atoms with Gasteiger partial charge in [0.15, 0.2) is 11.5 Å². The monoisotopic (exact) mass is 250 g/mol. The Labute approximate surface area is 107 Å². The molecule has 0 aliphatic carbocycles. The molecule has 4 heteroatoms. The number of ether oxygens (including phenoxy) is 2. The number of hydrogen-bond acceptors (Lipinski definition) is 3. The van der Waals surface area contributed by atoms with E-state index in [4.69, 9.17) is 14.6 Å². The summed E-state index contributed by atoms with van der Waals surface area (Å²) in [7, 11) is 0. The first-order chi connectivity index (χ1) is 8.65. The fraction of sp³-hybridized carbons (Fsp3) is 0.500. The van der Waals surface area contributed by atoms with Crippen LogP contribution in [0.1, 0.15) is 25.3 Å². The number of aryl methyl sites for hydroxylation is 1. The van der Waals surface area contributed by atoms with E-state index in [-0.39, 0.29) is 6.42 Å². The number of aliphatic carboxylic acids is 1. The van der Waals surface area contributed by atoms with E-state index >= 15 is 0 Å². The smallest absolute Gasteiger partial charge is 0.303 e. The average Bonchev–Trinajstić information content (AvgIpc) is 2.51. The quantitative estimate of drug-likeness (QED) is 0.892. The minimum Gasteiger partial charge on any atom is -0.489 e. The maximum absolute atomic E-state index is 10.5. The first-order valence-electron chi connectivity index (χ1n) is 6.25. The fourth-order valence-electron chi connectivity index (χ4n) is 1.90. The predicted molar refractivity (Wildman–Crippen MR) is 67.2 cm³/mol. The van der Waals surface area contributed by atoms with Crippen molar-refractivity contribution >= 4 is 5.97 Å². The minimum absolute atomic E-state index is 0.200. The van der Waals surface area contributed by atoms with Gasteiger partial charge in [-0.15, -0.1) is 0 Å². The van der Waals surface area contributed by atoms with Crippen molar-refractivity contribution < 1.29 is 19.4 Å². The number of rotatable bonds is 4. The van der Waals surface area contributed by atoms with Crippen molar-refractivity contribution in [3.63, 3.8) is 0 Å². The van der Waals surface area contributed by atoms with Gasteiger partial charge in [0.05, 0.1) is 13.2 Å². The molecule has 18 heavy (non-hydrogen) atoms. The lowest BCUT2D eigenvalue weighted by molar-refractivity contribution is -0.137. The standard InChI is InChI=1S/C14H18O4/c1-10-8-17-12-6-5-11(3-2-4-14(15)16)7-13(12)18-9-10/h5-7,10H,2-4,8-9H2,1H3,(H,15,16). The Balaban J connectivity index is 2.00. The van der Waals surface area contributed by atoms with Gasteiger partial charge in [0.1, 0.15) is 0 Å². The van der Waals surface area contributed by atoms with Crippen LogP contribution in [0.2, 0.25) is 0 Å². The van der Waals surface area contributed by atoms with E-state index in [1.165, 1.54) is 0 Å². The molecule has 0 saturated carbocycles. The molecule has 1 aliphatic heterocycles. The summed E-state index contributed by atoms with van der Waals surface area (Å²) >= 11 is 0. The lowest BCUT2D eigenvalue weighted by Gasteiger charge is -2.08. The minimum atomic E-state index is -0.752. The zero-order chi connectivity index (χ0) is 13.0. The summed E-state index contributed by atoms with van der Waals surface area (Å²) < 4.78 is 11.3. The summed E-state index contributed by atoms with van der Waals surface area (Å²) in [6, 6.07) is 5.83. The molecule has 0 aromatic heterocycles. The molecule has 1 aromatic carbocycles. The van der Waals surface area contributed by atoms with Gasteiger partial charge in [-0.1, -0.05) is 13.0 Å². The predicted octanol–water partition coefficient (Wildman–Crippen LogP) is 2.50. The third kappa shape index (κ3) is 3.39. The molecule has 4 nitrogen and oxygen atoms in total. The van der Waals surface area contributed by atoms with Crippen LogP contribution in [0.4, 0.5) is 0 Å². The van der Waals surface area contributed by atoms with E-state index in [2.05, 4.69) is 6.92 Å². The van der Waals surface area contributed by atoms with E-state index in [1.807, 2.05) is 18.2 Å². The highest BCUT2D eigenvalue weighted by atomic mass is 16.5. The van der Waals surface area contributed by atoms with Crippen molar-refractivity contribution in [2.24, 2.45) is 5.92 Å². The number of carboxylic acids is 1. The summed E-state index contributed by atoms with van der Waals surface area (Å²) in [6.45, 7) is 3.41. The van der Waals surface area contributed by atoms with Crippen LogP contribution in [0.25, 0.3) is 0 Å². The van der Waals surface area contributed by atoms with Gasteiger partial charge >= 0.3 is 5.97 Å². The Morgan fingerprint density at radius 3 is 2.78 bits per heavy atom. The maximum atomic E-state index is 10.5. The van der Waals surface area contributed by atoms with Crippen molar-refractivity contribution in [3.05, 3.63) is 23.8 Å². The van der Waals surface area contributed by atoms with Crippen LogP contribution in [-0.2, 0) is 11.2 Å². The lowest BCUT2D eigenvalue weighted by Crippen LogP contribution is -2.12. The van der Waals surface area contributed by atoms with Crippen molar-refractivity contribution in [1.29, 1.82) is 0 Å². The van der Waals surface area contributed by atoms with Gasteiger partial charge in [-0.3, -0.25) is 4.79 Å². The molecule has 1 unspecified atom stereocenters. The summed E-state index contributed by atoms with van der Waals surface area (Å²) in [5.41, 5.74) is 1.09. The second kappa shape index (κ2) is 5.76. The largest absolute Gasteiger partial charge is 0.489 e. The summed E-state index contributed by atoms with van der Waals surface area (Å²) in [4.78, 5) is 10.5. The molecular formula is C14H18O4. The third-order valence-corrected chi connectivity index (χ3v) is 2.91. The van der Waals surface area contributed by atoms with Crippen molar-refractivity contribution in [2.75, 3.05) is 13.2 Å². The maximum Gasteiger partial charge on any atom is 0.303 e. The molecule has 0 spiro atoms. The number of hydrogen-bond donors (Lipinski definition) is 1. The molecule has 0 bridgehead atoms. The fourth-order valence-corrected chi connectivity index (χ4v) is 1.90. The van der Waals surface area contributed by atoms with Crippen molar-refractivity contribution in [2.45, 2.75) is 26.2 Å². The second-order valence-electron chi connectivity index (χ2n) is 4.76. The van der Waals surface area contributed by atoms with Crippen molar-refractivity contribution in [3.8, 4) is 11.5 Å². The van der Waals surface area contributed by atoms with Crippen LogP contribution in [0.3, 0.4) is 0 Å². The number of carbonyl (C=O) groups is 1. The van der Waals surface area contributed by atoms with E-state index in [0.717, 1.165) is 23.5 Å². The first kappa shape index (κ1) is 12.7. The van der Waals surface area contributed by atoms with Gasteiger partial charge in [0.25, 0.3) is 0 Å². The van der Waals surface area contributed by atoms with Gasteiger partial charge in [-0.2, -0.15) is 0 Å². The summed E-state index contributed by atoms with van der Waals surface area (Å²) in [5.74, 6) is 1.18. The van der Waals surface area contributed by atoms with E-state index in [1.54, 1.807) is 0 Å². The van der Waals surface area contributed by atoms with E-state index in [0.29, 0.717) is 25.6 Å². The second-order valence-corrected chi connectivity index (χ2v) is 4.76. The van der Waals surface area contributed by atoms with Crippen molar-refractivity contribution in [1.82, 2.24) is 0 Å². The third-order valence-electron chi connectivity index (χ3n) is 2.91. The van der Waals surface area contributed by atoms with Crippen LogP contribution in [-0.4, -0.2) is 24.3 Å². The topological polar surface area (TPSA) is 55.8 Å². The number of fused-ring (bicyclic) bond motifs is 1. The zero-order valence-electron chi connectivity index (χ0n) is 10.5. The molecule has 1 N–H and O–H groups in total. The Bertz CT molecular complexity index is 428. The normalized spacial score (nSPS) is 18.2. The van der Waals surface area contributed by atoms with E-state index < -0.39 is 5.97 Å². The molecule has 1 aliphatic rings. The molecular weight excluding hydrogens is 232 g/mol. The highest BCUT2D eigenvalue weighted by Gasteiger charge is 2.15. The highest BCUT2D eigenvalue weighted by molar-refractivity contribution is 5.66. The van der Waals surface area contributed by atoms with Crippen LogP contribution < -0.4 is 9.47 Å². The Morgan fingerprint density at radius 2 is 2.06 bits per heavy atom. The van der Waals surface area contributed by atoms with Gasteiger partial charge in [0.2, 0.25) is 0 Å². The van der Waals surface area contributed by atoms with Crippen LogP contribution >= 0.6 is 0 Å². The first-order valence-corrected chi connectivity index (χ1v) is 6.25. The van der Waals surface area contributed by atoms with Crippen LogP contribution in [0.5, 0.6) is 11.5 Å². The average molecular weight is 250 g/mol. The Morgan fingerprint density at radius 1 is 1.33 bits per heavy atom. The molecule has 0 amide bonds. The number of carboxylic acid groups (broad SMARTS) is 1. The Kier molecular flexibility index (Phi) is 4.07. The van der Waals surface area contributed by atoms with Gasteiger partial charge in [-0.25, -0.2) is 0 Å². The summed E-state index contributed by atoms with van der Waals surface area (Å²) in [6.07, 6.45) is 1.59. The lowest BCUT2D eigenvalue weighted by atomic mass is 10.1. The highest BCUT2D eigenvalue weighted by Crippen LogP contribution is 2.31. The molecule has 0 saturated heterocycles. The van der Waals surface area contributed by atoms with Gasteiger partial charge in [0, 0.05) is 12.3 Å². The summed E-state index contributed by atoms with van der Waals surface area (Å²) in [5, 5.41) is 8.61. The molecule has 0 radical (unpaired) electrons. The molecule has 1 heterocycles. The van der Waals surface area contributed by atoms with Gasteiger partial charge < -0.3 is 14.6 Å². The zero-order valence-corrected chi connectivity index (χ0v) is 10.5. The van der Waals surface area contributed by atoms with E-state index in [9.17, 15) is 4.79 Å².